The van der Waals surface area contributed by atoms with E-state index in [2.05, 4.69) is 36.1 Å². The number of hydrogen-bond acceptors (Lipinski definition) is 5. The van der Waals surface area contributed by atoms with Crippen LogP contribution in [0.25, 0.3) is 0 Å². The van der Waals surface area contributed by atoms with Gasteiger partial charge in [0.1, 0.15) is 10.7 Å². The van der Waals surface area contributed by atoms with Crippen LogP contribution in [0.15, 0.2) is 33.9 Å². The van der Waals surface area contributed by atoms with Gasteiger partial charge in [0.15, 0.2) is 0 Å². The molecule has 2 heterocycles. The minimum absolute atomic E-state index is 0.111. The number of aromatic nitrogens is 3. The molecule has 0 aliphatic rings. The maximum Gasteiger partial charge on any atom is 0.244 e. The molecule has 2 rings (SSSR count). The fourth-order valence-corrected chi connectivity index (χ4v) is 3.50. The Balaban J connectivity index is 2.09. The number of anilines is 1. The molecule has 9 heteroatoms. The van der Waals surface area contributed by atoms with Crippen molar-refractivity contribution in [1.82, 2.24) is 19.5 Å². The second kappa shape index (κ2) is 6.54. The molecule has 0 saturated carbocycles. The Morgan fingerprint density at radius 2 is 2.19 bits per heavy atom. The van der Waals surface area contributed by atoms with Gasteiger partial charge in [-0.1, -0.05) is 0 Å². The first-order valence-electron chi connectivity index (χ1n) is 6.24. The van der Waals surface area contributed by atoms with Gasteiger partial charge in [0, 0.05) is 43.9 Å². The number of nitrogens with zero attached hydrogens (tertiary/aromatic N) is 3. The van der Waals surface area contributed by atoms with Crippen molar-refractivity contribution in [3.8, 4) is 0 Å². The summed E-state index contributed by atoms with van der Waals surface area (Å²) in [6.45, 7) is 0.273. The molecule has 0 radical (unpaired) electrons. The van der Waals surface area contributed by atoms with Gasteiger partial charge in [0.05, 0.1) is 5.69 Å². The van der Waals surface area contributed by atoms with Gasteiger partial charge in [-0.15, -0.1) is 0 Å². The molecule has 2 aromatic heterocycles. The highest BCUT2D eigenvalue weighted by molar-refractivity contribution is 9.10. The Bertz CT molecular complexity index is 729. The van der Waals surface area contributed by atoms with Gasteiger partial charge >= 0.3 is 0 Å². The molecule has 0 aliphatic heterocycles. The predicted octanol–water partition coefficient (Wildman–Crippen LogP) is 1.14. The first kappa shape index (κ1) is 15.9. The fourth-order valence-electron chi connectivity index (χ4n) is 1.80. The number of nitrogens with one attached hydrogen (secondary N) is 2. The van der Waals surface area contributed by atoms with E-state index in [0.717, 1.165) is 5.69 Å². The molecule has 114 valence electrons. The summed E-state index contributed by atoms with van der Waals surface area (Å²) in [5, 5.41) is 6.97. The minimum atomic E-state index is -3.63. The third-order valence-corrected chi connectivity index (χ3v) is 4.70. The first-order chi connectivity index (χ1) is 9.92. The average molecular weight is 374 g/mol. The van der Waals surface area contributed by atoms with Crippen LogP contribution in [-0.4, -0.2) is 36.8 Å². The van der Waals surface area contributed by atoms with E-state index in [1.807, 2.05) is 19.3 Å². The molecule has 0 aromatic carbocycles. The zero-order valence-corrected chi connectivity index (χ0v) is 14.1. The second-order valence-electron chi connectivity index (χ2n) is 4.38. The molecule has 21 heavy (non-hydrogen) atoms. The highest BCUT2D eigenvalue weighted by Crippen LogP contribution is 2.22. The summed E-state index contributed by atoms with van der Waals surface area (Å²) >= 11 is 3.23. The third kappa shape index (κ3) is 4.02. The van der Waals surface area contributed by atoms with Crippen molar-refractivity contribution >= 4 is 31.8 Å². The van der Waals surface area contributed by atoms with Crippen LogP contribution in [0.4, 0.5) is 5.82 Å². The smallest absolute Gasteiger partial charge is 0.244 e. The summed E-state index contributed by atoms with van der Waals surface area (Å²) < 4.78 is 29.5. The highest BCUT2D eigenvalue weighted by Gasteiger charge is 2.19. The summed E-state index contributed by atoms with van der Waals surface area (Å²) in [6, 6.07) is 3.37. The SMILES string of the molecule is CNc1ncc(Br)cc1S(=O)(=O)NCCc1ccn(C)n1. The van der Waals surface area contributed by atoms with Gasteiger partial charge in [-0.2, -0.15) is 5.10 Å². The second-order valence-corrected chi connectivity index (χ2v) is 7.03. The lowest BCUT2D eigenvalue weighted by molar-refractivity contribution is 0.581. The molecular weight excluding hydrogens is 358 g/mol. The van der Waals surface area contributed by atoms with E-state index in [1.54, 1.807) is 17.9 Å². The Labute approximate surface area is 132 Å². The summed E-state index contributed by atoms with van der Waals surface area (Å²) in [7, 11) is -0.181. The van der Waals surface area contributed by atoms with Crippen LogP contribution in [-0.2, 0) is 23.5 Å². The van der Waals surface area contributed by atoms with Crippen molar-refractivity contribution in [3.05, 3.63) is 34.7 Å². The number of hydrogen-bond donors (Lipinski definition) is 2. The van der Waals surface area contributed by atoms with E-state index >= 15 is 0 Å². The van der Waals surface area contributed by atoms with Crippen LogP contribution in [0.2, 0.25) is 0 Å². The van der Waals surface area contributed by atoms with E-state index in [4.69, 9.17) is 0 Å². The summed E-state index contributed by atoms with van der Waals surface area (Å²) in [4.78, 5) is 4.15. The van der Waals surface area contributed by atoms with Crippen molar-refractivity contribution in [2.75, 3.05) is 18.9 Å². The standard InChI is InChI=1S/C12H16BrN5O2S/c1-14-12-11(7-9(13)8-15-12)21(19,20)16-5-3-10-4-6-18(2)17-10/h4,6-8,16H,3,5H2,1-2H3,(H,14,15). The average Bonchev–Trinajstić information content (AvgIpc) is 2.84. The number of aryl methyl sites for hydroxylation is 1. The molecule has 0 atom stereocenters. The quantitative estimate of drug-likeness (QED) is 0.792. The van der Waals surface area contributed by atoms with Crippen LogP contribution >= 0.6 is 15.9 Å². The Morgan fingerprint density at radius 1 is 1.43 bits per heavy atom. The minimum Gasteiger partial charge on any atom is -0.372 e. The van der Waals surface area contributed by atoms with Gasteiger partial charge in [-0.3, -0.25) is 4.68 Å². The van der Waals surface area contributed by atoms with Crippen LogP contribution < -0.4 is 10.0 Å². The van der Waals surface area contributed by atoms with Gasteiger partial charge in [-0.25, -0.2) is 18.1 Å². The highest BCUT2D eigenvalue weighted by atomic mass is 79.9. The van der Waals surface area contributed by atoms with Gasteiger partial charge in [0.25, 0.3) is 0 Å². The zero-order valence-electron chi connectivity index (χ0n) is 11.7. The van der Waals surface area contributed by atoms with Crippen LogP contribution in [0.1, 0.15) is 5.69 Å². The van der Waals surface area contributed by atoms with Gasteiger partial charge < -0.3 is 5.32 Å². The zero-order chi connectivity index (χ0) is 15.5. The molecule has 7 nitrogen and oxygen atoms in total. The number of pyridine rings is 1. The molecule has 2 N–H and O–H groups in total. The normalized spacial score (nSPS) is 11.6. The monoisotopic (exact) mass is 373 g/mol. The summed E-state index contributed by atoms with van der Waals surface area (Å²) in [5.41, 5.74) is 0.835. The van der Waals surface area contributed by atoms with E-state index in [1.165, 1.54) is 6.07 Å². The Kier molecular flexibility index (Phi) is 4.96. The van der Waals surface area contributed by atoms with Gasteiger partial charge in [-0.05, 0) is 28.1 Å². The van der Waals surface area contributed by atoms with Crippen LogP contribution in [0, 0.1) is 0 Å². The first-order valence-corrected chi connectivity index (χ1v) is 8.51. The largest absolute Gasteiger partial charge is 0.372 e. The van der Waals surface area contributed by atoms with E-state index < -0.39 is 10.0 Å². The molecule has 0 aliphatic carbocycles. The molecule has 0 unspecified atom stereocenters. The third-order valence-electron chi connectivity index (χ3n) is 2.79. The lowest BCUT2D eigenvalue weighted by Gasteiger charge is -2.10. The van der Waals surface area contributed by atoms with Crippen molar-refractivity contribution in [1.29, 1.82) is 0 Å². The Morgan fingerprint density at radius 3 is 2.81 bits per heavy atom. The van der Waals surface area contributed by atoms with Crippen LogP contribution in [0.3, 0.4) is 0 Å². The van der Waals surface area contributed by atoms with Crippen molar-refractivity contribution in [2.24, 2.45) is 7.05 Å². The maximum atomic E-state index is 12.3. The predicted molar refractivity (Wildman–Crippen MR) is 83.6 cm³/mol. The maximum absolute atomic E-state index is 12.3. The van der Waals surface area contributed by atoms with Crippen molar-refractivity contribution < 1.29 is 8.42 Å². The molecule has 0 saturated heterocycles. The summed E-state index contributed by atoms with van der Waals surface area (Å²) in [5.74, 6) is 0.309. The fraction of sp³-hybridized carbons (Fsp3) is 0.333. The van der Waals surface area contributed by atoms with Crippen molar-refractivity contribution in [3.63, 3.8) is 0 Å². The topological polar surface area (TPSA) is 88.9 Å². The van der Waals surface area contributed by atoms with Gasteiger partial charge in [0.2, 0.25) is 10.0 Å². The lowest BCUT2D eigenvalue weighted by Crippen LogP contribution is -2.27. The van der Waals surface area contributed by atoms with E-state index in [0.29, 0.717) is 16.7 Å². The van der Waals surface area contributed by atoms with E-state index in [-0.39, 0.29) is 11.4 Å². The number of halogens is 1. The molecular formula is C12H16BrN5O2S. The Hall–Kier alpha value is -1.45. The number of sulfonamides is 1. The number of rotatable bonds is 6. The van der Waals surface area contributed by atoms with Crippen LogP contribution in [0.5, 0.6) is 0 Å². The molecule has 0 bridgehead atoms. The summed E-state index contributed by atoms with van der Waals surface area (Å²) in [6.07, 6.45) is 3.89. The molecule has 0 amide bonds. The molecule has 0 spiro atoms. The van der Waals surface area contributed by atoms with Crippen molar-refractivity contribution in [2.45, 2.75) is 11.3 Å². The molecule has 2 aromatic rings. The molecule has 0 fully saturated rings. The van der Waals surface area contributed by atoms with E-state index in [9.17, 15) is 8.42 Å². The lowest BCUT2D eigenvalue weighted by atomic mass is 10.3.